The van der Waals surface area contributed by atoms with E-state index in [1.807, 2.05) is 0 Å². The van der Waals surface area contributed by atoms with Crippen LogP contribution in [0.1, 0.15) is 6.92 Å². The molecule has 2 nitrogen and oxygen atoms in total. The predicted molar refractivity (Wildman–Crippen MR) is 24.3 cm³/mol. The van der Waals surface area contributed by atoms with Crippen LogP contribution in [0.15, 0.2) is 0 Å². The Balaban J connectivity index is 2.05. The molecule has 1 aliphatic rings. The molecule has 38 valence electrons. The Morgan fingerprint density at radius 3 is 3.00 bits per heavy atom. The van der Waals surface area contributed by atoms with Crippen LogP contribution in [0.4, 0.5) is 0 Å². The average molecular weight is 98.1 g/mol. The summed E-state index contributed by atoms with van der Waals surface area (Å²) in [6.45, 7) is 2.43. The molecule has 1 unspecified atom stereocenters. The first-order valence-electron chi connectivity index (χ1n) is 2.12. The zero-order valence-electron chi connectivity index (χ0n) is 4.10. The molecule has 2 heteroatoms. The highest BCUT2D eigenvalue weighted by Crippen LogP contribution is 2.08. The molecule has 7 heavy (non-hydrogen) atoms. The van der Waals surface area contributed by atoms with Crippen LogP contribution in [0.25, 0.3) is 0 Å². The van der Waals surface area contributed by atoms with E-state index in [1.165, 1.54) is 0 Å². The first-order chi connectivity index (χ1) is 3.43. The molecule has 0 N–H and O–H groups in total. The number of hydrogen-bond acceptors (Lipinski definition) is 2. The van der Waals surface area contributed by atoms with Gasteiger partial charge < -0.3 is 9.47 Å². The fourth-order valence-electron chi connectivity index (χ4n) is 0.232. The second kappa shape index (κ2) is 1.85. The Bertz CT molecular complexity index is 105. The van der Waals surface area contributed by atoms with Crippen LogP contribution in [0.2, 0.25) is 0 Å². The number of epoxide rings is 1. The monoisotopic (exact) mass is 98.0 g/mol. The van der Waals surface area contributed by atoms with Crippen molar-refractivity contribution in [2.45, 2.75) is 13.2 Å². The zero-order valence-corrected chi connectivity index (χ0v) is 4.10. The minimum absolute atomic E-state index is 0.0209. The SMILES string of the molecule is CC#COC1CO1. The second-order valence-corrected chi connectivity index (χ2v) is 1.23. The lowest BCUT2D eigenvalue weighted by Crippen LogP contribution is -1.83. The summed E-state index contributed by atoms with van der Waals surface area (Å²) in [6.07, 6.45) is 2.41. The summed E-state index contributed by atoms with van der Waals surface area (Å²) >= 11 is 0. The van der Waals surface area contributed by atoms with E-state index in [1.54, 1.807) is 6.92 Å². The highest BCUT2D eigenvalue weighted by molar-refractivity contribution is 4.86. The molecule has 0 amide bonds. The fraction of sp³-hybridized carbons (Fsp3) is 0.600. The van der Waals surface area contributed by atoms with Crippen molar-refractivity contribution >= 4 is 0 Å². The molecular formula is C5H6O2. The topological polar surface area (TPSA) is 21.8 Å². The third-order valence-electron chi connectivity index (χ3n) is 0.595. The van der Waals surface area contributed by atoms with Crippen molar-refractivity contribution in [1.82, 2.24) is 0 Å². The minimum Gasteiger partial charge on any atom is -0.412 e. The van der Waals surface area contributed by atoms with Crippen molar-refractivity contribution < 1.29 is 9.47 Å². The number of hydrogen-bond donors (Lipinski definition) is 0. The maximum atomic E-state index is 4.72. The first-order valence-corrected chi connectivity index (χ1v) is 2.12. The first kappa shape index (κ1) is 4.48. The van der Waals surface area contributed by atoms with E-state index in [0.29, 0.717) is 6.61 Å². The van der Waals surface area contributed by atoms with Gasteiger partial charge in [0, 0.05) is 6.92 Å². The third kappa shape index (κ3) is 1.47. The Morgan fingerprint density at radius 1 is 1.86 bits per heavy atom. The summed E-state index contributed by atoms with van der Waals surface area (Å²) in [4.78, 5) is 0. The summed E-state index contributed by atoms with van der Waals surface area (Å²) in [5, 5.41) is 0. The molecule has 0 aromatic rings. The summed E-state index contributed by atoms with van der Waals surface area (Å²) in [5.41, 5.74) is 0. The van der Waals surface area contributed by atoms with Crippen molar-refractivity contribution in [3.05, 3.63) is 0 Å². The van der Waals surface area contributed by atoms with Crippen LogP contribution in [0, 0.1) is 12.0 Å². The molecule has 1 aliphatic heterocycles. The van der Waals surface area contributed by atoms with Crippen molar-refractivity contribution in [2.24, 2.45) is 0 Å². The van der Waals surface area contributed by atoms with Crippen molar-refractivity contribution in [3.8, 4) is 12.0 Å². The van der Waals surface area contributed by atoms with E-state index in [-0.39, 0.29) is 6.29 Å². The van der Waals surface area contributed by atoms with Crippen LogP contribution in [0.5, 0.6) is 0 Å². The number of rotatable bonds is 1. The lowest BCUT2D eigenvalue weighted by molar-refractivity contribution is 0.149. The van der Waals surface area contributed by atoms with E-state index in [4.69, 9.17) is 4.74 Å². The van der Waals surface area contributed by atoms with Gasteiger partial charge in [-0.15, -0.1) is 0 Å². The van der Waals surface area contributed by atoms with E-state index >= 15 is 0 Å². The van der Waals surface area contributed by atoms with E-state index in [2.05, 4.69) is 16.8 Å². The molecule has 0 radical (unpaired) electrons. The lowest BCUT2D eigenvalue weighted by Gasteiger charge is -1.80. The van der Waals surface area contributed by atoms with E-state index in [0.717, 1.165) is 0 Å². The molecule has 1 rings (SSSR count). The Kier molecular flexibility index (Phi) is 1.19. The normalized spacial score (nSPS) is 25.0. The van der Waals surface area contributed by atoms with Crippen LogP contribution in [-0.4, -0.2) is 12.9 Å². The standard InChI is InChI=1S/C5H6O2/c1-2-3-6-5-4-7-5/h5H,4H2,1H3. The van der Waals surface area contributed by atoms with Crippen LogP contribution in [0.3, 0.4) is 0 Å². The van der Waals surface area contributed by atoms with Crippen molar-refractivity contribution in [1.29, 1.82) is 0 Å². The van der Waals surface area contributed by atoms with E-state index in [9.17, 15) is 0 Å². The van der Waals surface area contributed by atoms with Gasteiger partial charge in [0.05, 0.1) is 0 Å². The molecular weight excluding hydrogens is 92.1 g/mol. The molecule has 1 fully saturated rings. The second-order valence-electron chi connectivity index (χ2n) is 1.23. The average Bonchev–Trinajstić information content (AvgIpc) is 2.42. The van der Waals surface area contributed by atoms with Gasteiger partial charge in [-0.1, -0.05) is 5.92 Å². The molecule has 0 aromatic carbocycles. The largest absolute Gasteiger partial charge is 0.412 e. The smallest absolute Gasteiger partial charge is 0.234 e. The van der Waals surface area contributed by atoms with Gasteiger partial charge >= 0.3 is 0 Å². The zero-order chi connectivity index (χ0) is 5.11. The van der Waals surface area contributed by atoms with Gasteiger partial charge in [-0.2, -0.15) is 0 Å². The third-order valence-corrected chi connectivity index (χ3v) is 0.595. The maximum absolute atomic E-state index is 4.72. The summed E-state index contributed by atoms with van der Waals surface area (Å²) in [6, 6.07) is 0. The van der Waals surface area contributed by atoms with Crippen LogP contribution < -0.4 is 0 Å². The molecule has 1 atom stereocenters. The highest BCUT2D eigenvalue weighted by Gasteiger charge is 2.22. The lowest BCUT2D eigenvalue weighted by atomic mass is 10.8. The molecule has 0 saturated carbocycles. The van der Waals surface area contributed by atoms with Crippen molar-refractivity contribution in [3.63, 3.8) is 0 Å². The summed E-state index contributed by atoms with van der Waals surface area (Å²) in [5.74, 6) is 2.59. The van der Waals surface area contributed by atoms with Gasteiger partial charge in [-0.05, 0) is 0 Å². The Hall–Kier alpha value is -0.680. The molecule has 0 aliphatic carbocycles. The Morgan fingerprint density at radius 2 is 2.57 bits per heavy atom. The van der Waals surface area contributed by atoms with Gasteiger partial charge in [0.2, 0.25) is 6.29 Å². The van der Waals surface area contributed by atoms with Crippen LogP contribution in [-0.2, 0) is 9.47 Å². The summed E-state index contributed by atoms with van der Waals surface area (Å²) in [7, 11) is 0. The maximum Gasteiger partial charge on any atom is 0.234 e. The van der Waals surface area contributed by atoms with Crippen LogP contribution >= 0.6 is 0 Å². The summed E-state index contributed by atoms with van der Waals surface area (Å²) < 4.78 is 9.40. The van der Waals surface area contributed by atoms with Gasteiger partial charge in [0.15, 0.2) is 0 Å². The highest BCUT2D eigenvalue weighted by atomic mass is 16.8. The van der Waals surface area contributed by atoms with E-state index < -0.39 is 0 Å². The van der Waals surface area contributed by atoms with Crippen molar-refractivity contribution in [2.75, 3.05) is 6.61 Å². The molecule has 1 saturated heterocycles. The molecule has 1 heterocycles. The fourth-order valence-corrected chi connectivity index (χ4v) is 0.232. The number of ether oxygens (including phenoxy) is 2. The van der Waals surface area contributed by atoms with Gasteiger partial charge in [0.1, 0.15) is 12.7 Å². The predicted octanol–water partition coefficient (Wildman–Crippen LogP) is 0.340. The molecule has 0 bridgehead atoms. The Labute approximate surface area is 42.4 Å². The molecule has 0 spiro atoms. The van der Waals surface area contributed by atoms with Gasteiger partial charge in [-0.3, -0.25) is 0 Å². The van der Waals surface area contributed by atoms with Gasteiger partial charge in [0.25, 0.3) is 0 Å². The molecule has 0 aromatic heterocycles. The minimum atomic E-state index is -0.0209. The van der Waals surface area contributed by atoms with Gasteiger partial charge in [-0.25, -0.2) is 0 Å². The quantitative estimate of drug-likeness (QED) is 0.348.